The molecule has 1 saturated heterocycles. The normalized spacial score (nSPS) is 19.3. The van der Waals surface area contributed by atoms with E-state index in [1.807, 2.05) is 0 Å². The molecule has 1 aliphatic heterocycles. The van der Waals surface area contributed by atoms with Gasteiger partial charge < -0.3 is 0 Å². The number of nitrogens with zero attached hydrogens (tertiary/aromatic N) is 3. The second-order valence-electron chi connectivity index (χ2n) is 6.44. The number of anilines is 2. The summed E-state index contributed by atoms with van der Waals surface area (Å²) in [5.74, 6) is 0.203. The van der Waals surface area contributed by atoms with Crippen LogP contribution in [0.5, 0.6) is 0 Å². The number of halogens is 1. The molecule has 0 unspecified atom stereocenters. The first-order valence-corrected chi connectivity index (χ1v) is 11.2. The van der Waals surface area contributed by atoms with E-state index in [1.165, 1.54) is 21.7 Å². The Morgan fingerprint density at radius 3 is 2.81 bits per heavy atom. The van der Waals surface area contributed by atoms with Crippen molar-refractivity contribution in [3.05, 3.63) is 33.8 Å². The fourth-order valence-electron chi connectivity index (χ4n) is 2.85. The molecule has 10 heteroatoms. The van der Waals surface area contributed by atoms with Gasteiger partial charge in [0, 0.05) is 18.0 Å². The van der Waals surface area contributed by atoms with Gasteiger partial charge in [0.25, 0.3) is 5.91 Å². The molecule has 1 amide bonds. The number of hydrogen-bond acceptors (Lipinski definition) is 6. The minimum atomic E-state index is -3.40. The van der Waals surface area contributed by atoms with Crippen LogP contribution in [0.15, 0.2) is 18.2 Å². The van der Waals surface area contributed by atoms with Gasteiger partial charge in [0.15, 0.2) is 0 Å². The van der Waals surface area contributed by atoms with Crippen molar-refractivity contribution in [1.29, 1.82) is 0 Å². The Morgan fingerprint density at radius 2 is 2.08 bits per heavy atom. The zero-order chi connectivity index (χ0) is 18.3. The number of amides is 1. The number of hydrogen-bond donors (Lipinski definition) is 1. The minimum absolute atomic E-state index is 0.0917. The highest BCUT2D eigenvalue weighted by Crippen LogP contribution is 2.42. The van der Waals surface area contributed by atoms with E-state index in [0.717, 1.165) is 24.3 Å². The van der Waals surface area contributed by atoms with E-state index in [4.69, 9.17) is 11.6 Å². The van der Waals surface area contributed by atoms with E-state index in [0.29, 0.717) is 40.3 Å². The highest BCUT2D eigenvalue weighted by Gasteiger charge is 2.29. The number of aromatic nitrogens is 2. The predicted molar refractivity (Wildman–Crippen MR) is 102 cm³/mol. The molecular formula is C16H17ClN4O3S2. The van der Waals surface area contributed by atoms with Crippen LogP contribution in [-0.2, 0) is 10.0 Å². The molecule has 1 aliphatic carbocycles. The lowest BCUT2D eigenvalue weighted by atomic mass is 10.2. The summed E-state index contributed by atoms with van der Waals surface area (Å²) >= 11 is 7.58. The Bertz CT molecular complexity index is 956. The molecule has 4 rings (SSSR count). The summed E-state index contributed by atoms with van der Waals surface area (Å²) in [6.45, 7) is 0.369. The summed E-state index contributed by atoms with van der Waals surface area (Å²) in [5, 5.41) is 12.5. The van der Waals surface area contributed by atoms with Gasteiger partial charge in [-0.05, 0) is 43.9 Å². The maximum atomic E-state index is 12.5. The van der Waals surface area contributed by atoms with Crippen LogP contribution < -0.4 is 9.62 Å². The van der Waals surface area contributed by atoms with Crippen molar-refractivity contribution in [2.75, 3.05) is 21.9 Å². The molecule has 1 saturated carbocycles. The quantitative estimate of drug-likeness (QED) is 0.832. The van der Waals surface area contributed by atoms with Gasteiger partial charge in [-0.1, -0.05) is 22.9 Å². The summed E-state index contributed by atoms with van der Waals surface area (Å²) in [6.07, 6.45) is 3.64. The zero-order valence-corrected chi connectivity index (χ0v) is 16.2. The van der Waals surface area contributed by atoms with Crippen molar-refractivity contribution in [3.63, 3.8) is 0 Å². The molecule has 0 spiro atoms. The predicted octanol–water partition coefficient (Wildman–Crippen LogP) is 3.25. The van der Waals surface area contributed by atoms with Gasteiger partial charge in [-0.3, -0.25) is 14.4 Å². The molecule has 2 fully saturated rings. The number of carbonyl (C=O) groups is 1. The van der Waals surface area contributed by atoms with Gasteiger partial charge >= 0.3 is 0 Å². The Morgan fingerprint density at radius 1 is 1.27 bits per heavy atom. The number of rotatable bonds is 4. The number of nitrogens with one attached hydrogen (secondary N) is 1. The van der Waals surface area contributed by atoms with Crippen LogP contribution in [0, 0.1) is 0 Å². The molecule has 2 heterocycles. The lowest BCUT2D eigenvalue weighted by Gasteiger charge is -2.29. The van der Waals surface area contributed by atoms with E-state index in [2.05, 4.69) is 15.5 Å². The van der Waals surface area contributed by atoms with E-state index in [9.17, 15) is 13.2 Å². The molecule has 26 heavy (non-hydrogen) atoms. The van der Waals surface area contributed by atoms with E-state index >= 15 is 0 Å². The van der Waals surface area contributed by atoms with Crippen molar-refractivity contribution in [2.24, 2.45) is 0 Å². The molecule has 2 aromatic rings. The number of carbonyl (C=O) groups excluding carboxylic acids is 1. The molecule has 138 valence electrons. The van der Waals surface area contributed by atoms with Gasteiger partial charge in [0.2, 0.25) is 15.2 Å². The molecule has 2 aliphatic rings. The minimum Gasteiger partial charge on any atom is -0.296 e. The third-order valence-corrected chi connectivity index (χ3v) is 7.59. The van der Waals surface area contributed by atoms with Crippen LogP contribution in [0.4, 0.5) is 10.8 Å². The summed E-state index contributed by atoms with van der Waals surface area (Å²) < 4.78 is 26.0. The zero-order valence-electron chi connectivity index (χ0n) is 13.8. The van der Waals surface area contributed by atoms with Gasteiger partial charge in [-0.25, -0.2) is 8.42 Å². The van der Waals surface area contributed by atoms with Crippen LogP contribution in [0.2, 0.25) is 5.02 Å². The highest BCUT2D eigenvalue weighted by molar-refractivity contribution is 7.92. The molecule has 7 nitrogen and oxygen atoms in total. The fourth-order valence-corrected chi connectivity index (χ4v) is 5.68. The molecular weight excluding hydrogens is 396 g/mol. The first-order chi connectivity index (χ1) is 12.4. The Hall–Kier alpha value is -1.71. The van der Waals surface area contributed by atoms with Crippen molar-refractivity contribution in [1.82, 2.24) is 10.2 Å². The summed E-state index contributed by atoms with van der Waals surface area (Å²) in [4.78, 5) is 12.5. The van der Waals surface area contributed by atoms with Crippen LogP contribution in [0.3, 0.4) is 0 Å². The molecule has 0 bridgehead atoms. The average Bonchev–Trinajstić information content (AvgIpc) is 3.35. The summed E-state index contributed by atoms with van der Waals surface area (Å²) in [6, 6.07) is 4.63. The Kier molecular flexibility index (Phi) is 4.62. The van der Waals surface area contributed by atoms with E-state index < -0.39 is 10.0 Å². The molecule has 1 aromatic heterocycles. The van der Waals surface area contributed by atoms with Crippen molar-refractivity contribution in [3.8, 4) is 0 Å². The second-order valence-corrected chi connectivity index (χ2v) is 9.86. The van der Waals surface area contributed by atoms with Crippen molar-refractivity contribution < 1.29 is 13.2 Å². The first kappa shape index (κ1) is 17.7. The fraction of sp³-hybridized carbons (Fsp3) is 0.438. The van der Waals surface area contributed by atoms with Gasteiger partial charge in [0.1, 0.15) is 5.01 Å². The van der Waals surface area contributed by atoms with Crippen LogP contribution in [-0.4, -0.2) is 36.8 Å². The third-order valence-electron chi connectivity index (χ3n) is 4.41. The first-order valence-electron chi connectivity index (χ1n) is 8.39. The van der Waals surface area contributed by atoms with Gasteiger partial charge in [-0.15, -0.1) is 10.2 Å². The Labute approximate surface area is 160 Å². The van der Waals surface area contributed by atoms with E-state index in [-0.39, 0.29) is 11.7 Å². The largest absolute Gasteiger partial charge is 0.296 e. The number of benzene rings is 1. The summed E-state index contributed by atoms with van der Waals surface area (Å²) in [7, 11) is -3.40. The lowest BCUT2D eigenvalue weighted by Crippen LogP contribution is -2.38. The molecule has 0 radical (unpaired) electrons. The number of sulfonamides is 1. The van der Waals surface area contributed by atoms with E-state index in [1.54, 1.807) is 12.1 Å². The average molecular weight is 413 g/mol. The SMILES string of the molecule is O=C(Nc1nnc(C2CC2)s1)c1ccc(Cl)c(N2CCCCS2(=O)=O)c1. The molecule has 1 N–H and O–H groups in total. The smallest absolute Gasteiger partial charge is 0.257 e. The van der Waals surface area contributed by atoms with Crippen LogP contribution >= 0.6 is 22.9 Å². The lowest BCUT2D eigenvalue weighted by molar-refractivity contribution is 0.102. The van der Waals surface area contributed by atoms with Crippen LogP contribution in [0.1, 0.15) is 47.0 Å². The maximum Gasteiger partial charge on any atom is 0.257 e. The topological polar surface area (TPSA) is 92.3 Å². The van der Waals surface area contributed by atoms with Gasteiger partial charge in [0.05, 0.1) is 16.5 Å². The summed E-state index contributed by atoms with van der Waals surface area (Å²) in [5.41, 5.74) is 0.670. The Balaban J connectivity index is 1.57. The van der Waals surface area contributed by atoms with Crippen molar-refractivity contribution in [2.45, 2.75) is 31.6 Å². The molecule has 1 aromatic carbocycles. The van der Waals surface area contributed by atoms with Crippen molar-refractivity contribution >= 4 is 49.7 Å². The van der Waals surface area contributed by atoms with Crippen LogP contribution in [0.25, 0.3) is 0 Å². The second kappa shape index (κ2) is 6.79. The monoisotopic (exact) mass is 412 g/mol. The third kappa shape index (κ3) is 3.56. The van der Waals surface area contributed by atoms with Gasteiger partial charge in [-0.2, -0.15) is 0 Å². The molecule has 0 atom stereocenters. The maximum absolute atomic E-state index is 12.5. The standard InChI is InChI=1S/C16H17ClN4O3S2/c17-12-6-5-11(9-13(12)21-7-1-2-8-26(21,23)24)14(22)18-16-20-19-15(25-16)10-3-4-10/h5-6,9-10H,1-4,7-8H2,(H,18,20,22). The highest BCUT2D eigenvalue weighted by atomic mass is 35.5.